The van der Waals surface area contributed by atoms with Gasteiger partial charge in [-0.3, -0.25) is 9.48 Å². The van der Waals surface area contributed by atoms with Crippen molar-refractivity contribution in [2.75, 3.05) is 5.32 Å². The lowest BCUT2D eigenvalue weighted by Gasteiger charge is -2.28. The molecule has 0 aromatic carbocycles. The number of anilines is 1. The predicted molar refractivity (Wildman–Crippen MR) is 112 cm³/mol. The second-order valence-corrected chi connectivity index (χ2v) is 9.34. The molecule has 0 radical (unpaired) electrons. The highest BCUT2D eigenvalue weighted by Crippen LogP contribution is 2.44. The second kappa shape index (κ2) is 7.22. The zero-order chi connectivity index (χ0) is 21.9. The maximum absolute atomic E-state index is 13.2. The molecule has 1 aliphatic heterocycles. The highest BCUT2D eigenvalue weighted by atomic mass is 32.1. The van der Waals surface area contributed by atoms with E-state index < -0.39 is 18.0 Å². The minimum absolute atomic E-state index is 0.208. The standard InChI is InChI=1S/C21H22F3N5OS/c1-10-8-13(21(22,23)24)25-20-14(10)16-17(31-20)19(30)27-18(26-16)12-9-29(2)28-15(12)11-6-4-3-5-7-11/h8-9,11,18,26H,3-7H2,1-2H3,(H,27,30). The van der Waals surface area contributed by atoms with Gasteiger partial charge < -0.3 is 10.6 Å². The molecule has 1 aliphatic carbocycles. The monoisotopic (exact) mass is 449 g/mol. The summed E-state index contributed by atoms with van der Waals surface area (Å²) in [5.41, 5.74) is 1.93. The summed E-state index contributed by atoms with van der Waals surface area (Å²) < 4.78 is 41.4. The summed E-state index contributed by atoms with van der Waals surface area (Å²) in [6, 6.07) is 1.04. The van der Waals surface area contributed by atoms with E-state index in [2.05, 4.69) is 20.7 Å². The molecule has 164 valence electrons. The molecular formula is C21H22F3N5OS. The Kier molecular flexibility index (Phi) is 4.72. The van der Waals surface area contributed by atoms with Crippen LogP contribution in [0, 0.1) is 6.92 Å². The zero-order valence-electron chi connectivity index (χ0n) is 17.1. The third-order valence-electron chi connectivity index (χ3n) is 6.11. The van der Waals surface area contributed by atoms with Crippen molar-refractivity contribution in [1.29, 1.82) is 0 Å². The minimum Gasteiger partial charge on any atom is -0.360 e. The Hall–Kier alpha value is -2.62. The van der Waals surface area contributed by atoms with Crippen molar-refractivity contribution in [3.8, 4) is 0 Å². The number of pyridine rings is 1. The van der Waals surface area contributed by atoms with E-state index in [9.17, 15) is 18.0 Å². The normalized spacial score (nSPS) is 19.9. The number of aryl methyl sites for hydroxylation is 2. The lowest BCUT2D eigenvalue weighted by molar-refractivity contribution is -0.141. The van der Waals surface area contributed by atoms with Gasteiger partial charge in [0.05, 0.1) is 11.4 Å². The van der Waals surface area contributed by atoms with E-state index in [0.717, 1.165) is 54.3 Å². The number of nitrogens with zero attached hydrogens (tertiary/aromatic N) is 3. The van der Waals surface area contributed by atoms with E-state index in [1.165, 1.54) is 6.42 Å². The first-order valence-electron chi connectivity index (χ1n) is 10.3. The Morgan fingerprint density at radius 3 is 2.65 bits per heavy atom. The van der Waals surface area contributed by atoms with Gasteiger partial charge in [0.1, 0.15) is 21.6 Å². The number of carbonyl (C=O) groups is 1. The highest BCUT2D eigenvalue weighted by Gasteiger charge is 2.36. The van der Waals surface area contributed by atoms with Crippen molar-refractivity contribution in [3.63, 3.8) is 0 Å². The number of rotatable bonds is 2. The van der Waals surface area contributed by atoms with E-state index in [0.29, 0.717) is 27.4 Å². The molecule has 1 saturated carbocycles. The van der Waals surface area contributed by atoms with Crippen molar-refractivity contribution in [2.45, 2.75) is 57.3 Å². The molecule has 0 spiro atoms. The second-order valence-electron chi connectivity index (χ2n) is 8.34. The molecule has 1 amide bonds. The smallest absolute Gasteiger partial charge is 0.360 e. The maximum atomic E-state index is 13.2. The number of carbonyl (C=O) groups excluding carboxylic acids is 1. The number of thiophene rings is 1. The molecule has 0 bridgehead atoms. The first-order valence-corrected chi connectivity index (χ1v) is 11.2. The summed E-state index contributed by atoms with van der Waals surface area (Å²) in [4.78, 5) is 17.3. The molecule has 3 aromatic rings. The predicted octanol–water partition coefficient (Wildman–Crippen LogP) is 5.26. The van der Waals surface area contributed by atoms with Gasteiger partial charge in [0.15, 0.2) is 0 Å². The van der Waals surface area contributed by atoms with E-state index in [4.69, 9.17) is 0 Å². The van der Waals surface area contributed by atoms with Crippen LogP contribution in [0.1, 0.15) is 76.4 Å². The van der Waals surface area contributed by atoms with Gasteiger partial charge >= 0.3 is 6.18 Å². The third kappa shape index (κ3) is 3.46. The van der Waals surface area contributed by atoms with Crippen LogP contribution in [0.4, 0.5) is 18.9 Å². The molecule has 1 atom stereocenters. The Morgan fingerprint density at radius 1 is 1.19 bits per heavy atom. The molecule has 6 nitrogen and oxygen atoms in total. The topological polar surface area (TPSA) is 71.8 Å². The van der Waals surface area contributed by atoms with E-state index >= 15 is 0 Å². The molecule has 5 rings (SSSR count). The molecule has 1 unspecified atom stereocenters. The fourth-order valence-electron chi connectivity index (χ4n) is 4.70. The number of hydrogen-bond donors (Lipinski definition) is 2. The van der Waals surface area contributed by atoms with Crippen LogP contribution in [0.15, 0.2) is 12.3 Å². The van der Waals surface area contributed by atoms with Crippen LogP contribution in [-0.2, 0) is 13.2 Å². The van der Waals surface area contributed by atoms with Crippen molar-refractivity contribution < 1.29 is 18.0 Å². The average Bonchev–Trinajstić information content (AvgIpc) is 3.29. The van der Waals surface area contributed by atoms with Crippen molar-refractivity contribution in [3.05, 3.63) is 39.7 Å². The average molecular weight is 450 g/mol. The van der Waals surface area contributed by atoms with Crippen LogP contribution in [0.2, 0.25) is 0 Å². The van der Waals surface area contributed by atoms with Gasteiger partial charge in [-0.1, -0.05) is 19.3 Å². The van der Waals surface area contributed by atoms with Crippen LogP contribution < -0.4 is 10.6 Å². The minimum atomic E-state index is -4.54. The lowest BCUT2D eigenvalue weighted by Crippen LogP contribution is -2.38. The van der Waals surface area contributed by atoms with Gasteiger partial charge in [0.25, 0.3) is 5.91 Å². The largest absolute Gasteiger partial charge is 0.433 e. The first kappa shape index (κ1) is 20.3. The van der Waals surface area contributed by atoms with Gasteiger partial charge in [-0.2, -0.15) is 18.3 Å². The van der Waals surface area contributed by atoms with Gasteiger partial charge in [-0.05, 0) is 31.4 Å². The number of amides is 1. The summed E-state index contributed by atoms with van der Waals surface area (Å²) in [5, 5.41) is 11.6. The number of nitrogens with one attached hydrogen (secondary N) is 2. The number of halogens is 3. The van der Waals surface area contributed by atoms with Crippen LogP contribution in [-0.4, -0.2) is 20.7 Å². The Labute approximate surface area is 180 Å². The summed E-state index contributed by atoms with van der Waals surface area (Å²) in [5.74, 6) is 0.0372. The van der Waals surface area contributed by atoms with Crippen LogP contribution >= 0.6 is 11.3 Å². The van der Waals surface area contributed by atoms with Crippen molar-refractivity contribution in [1.82, 2.24) is 20.1 Å². The summed E-state index contributed by atoms with van der Waals surface area (Å²) in [6.07, 6.45) is 2.58. The fourth-order valence-corrected chi connectivity index (χ4v) is 5.81. The van der Waals surface area contributed by atoms with E-state index in [1.54, 1.807) is 11.6 Å². The van der Waals surface area contributed by atoms with Gasteiger partial charge in [-0.25, -0.2) is 4.98 Å². The molecule has 31 heavy (non-hydrogen) atoms. The summed E-state index contributed by atoms with van der Waals surface area (Å²) in [6.45, 7) is 1.62. The molecule has 2 N–H and O–H groups in total. The van der Waals surface area contributed by atoms with Gasteiger partial charge in [0.2, 0.25) is 0 Å². The fraction of sp³-hybridized carbons (Fsp3) is 0.476. The number of aromatic nitrogens is 3. The van der Waals surface area contributed by atoms with Crippen LogP contribution in [0.5, 0.6) is 0 Å². The number of fused-ring (bicyclic) bond motifs is 3. The number of hydrogen-bond acceptors (Lipinski definition) is 5. The maximum Gasteiger partial charge on any atom is 0.433 e. The first-order chi connectivity index (χ1) is 14.7. The molecule has 4 heterocycles. The Bertz CT molecular complexity index is 1180. The Balaban J connectivity index is 1.57. The zero-order valence-corrected chi connectivity index (χ0v) is 18.0. The SMILES string of the molecule is Cc1cc(C(F)(F)F)nc2sc3c(c12)NC(c1cn(C)nc1C1CCCCC1)NC3=O. The van der Waals surface area contributed by atoms with Gasteiger partial charge in [-0.15, -0.1) is 11.3 Å². The molecule has 1 fully saturated rings. The Morgan fingerprint density at radius 2 is 1.94 bits per heavy atom. The number of alkyl halides is 3. The van der Waals surface area contributed by atoms with Crippen molar-refractivity contribution >= 4 is 33.1 Å². The van der Waals surface area contributed by atoms with Crippen LogP contribution in [0.25, 0.3) is 10.2 Å². The molecule has 2 aliphatic rings. The van der Waals surface area contributed by atoms with Crippen molar-refractivity contribution in [2.24, 2.45) is 7.05 Å². The van der Waals surface area contributed by atoms with E-state index in [1.807, 2.05) is 13.2 Å². The third-order valence-corrected chi connectivity index (χ3v) is 7.19. The summed E-state index contributed by atoms with van der Waals surface area (Å²) >= 11 is 0.980. The molecule has 10 heteroatoms. The molecule has 0 saturated heterocycles. The van der Waals surface area contributed by atoms with Gasteiger partial charge in [0, 0.05) is 30.1 Å². The van der Waals surface area contributed by atoms with Crippen LogP contribution in [0.3, 0.4) is 0 Å². The molecular weight excluding hydrogens is 427 g/mol. The summed E-state index contributed by atoms with van der Waals surface area (Å²) in [7, 11) is 1.86. The lowest BCUT2D eigenvalue weighted by atomic mass is 9.85. The quantitative estimate of drug-likeness (QED) is 0.560. The highest BCUT2D eigenvalue weighted by molar-refractivity contribution is 7.21. The van der Waals surface area contributed by atoms with E-state index in [-0.39, 0.29) is 10.7 Å². The molecule has 3 aromatic heterocycles.